The molecule has 0 saturated heterocycles. The third kappa shape index (κ3) is 5.60. The van der Waals surface area contributed by atoms with E-state index in [1.165, 1.54) is 23.8 Å². The van der Waals surface area contributed by atoms with Crippen LogP contribution in [-0.2, 0) is 6.42 Å². The number of hydrogen-bond donors (Lipinski definition) is 2. The van der Waals surface area contributed by atoms with Crippen LogP contribution in [-0.4, -0.2) is 22.4 Å². The van der Waals surface area contributed by atoms with Gasteiger partial charge in [0, 0.05) is 17.9 Å². The van der Waals surface area contributed by atoms with Gasteiger partial charge in [0.05, 0.1) is 0 Å². The van der Waals surface area contributed by atoms with Crippen LogP contribution in [0.15, 0.2) is 60.7 Å². The molecule has 138 valence electrons. The Morgan fingerprint density at radius 1 is 1.04 bits per heavy atom. The van der Waals surface area contributed by atoms with Gasteiger partial charge in [-0.1, -0.05) is 36.4 Å². The average molecular weight is 364 g/mol. The maximum atomic E-state index is 13.3. The monoisotopic (exact) mass is 364 g/mol. The Labute approximate surface area is 157 Å². The van der Waals surface area contributed by atoms with Crippen LogP contribution < -0.4 is 10.6 Å². The lowest BCUT2D eigenvalue weighted by Crippen LogP contribution is -2.16. The van der Waals surface area contributed by atoms with E-state index in [-0.39, 0.29) is 5.69 Å². The Morgan fingerprint density at radius 3 is 2.63 bits per heavy atom. The summed E-state index contributed by atoms with van der Waals surface area (Å²) in [5, 5.41) is 5.81. The van der Waals surface area contributed by atoms with Gasteiger partial charge in [-0.2, -0.15) is 0 Å². The van der Waals surface area contributed by atoms with Gasteiger partial charge in [-0.15, -0.1) is 0 Å². The van der Waals surface area contributed by atoms with Crippen molar-refractivity contribution in [3.05, 3.63) is 83.4 Å². The molecule has 3 aromatic rings. The van der Waals surface area contributed by atoms with Crippen molar-refractivity contribution in [3.63, 3.8) is 0 Å². The largest absolute Gasteiger partial charge is 0.354 e. The van der Waals surface area contributed by atoms with Crippen molar-refractivity contribution in [2.24, 2.45) is 0 Å². The number of carbonyl (C=O) groups excluding carboxylic acids is 1. The zero-order chi connectivity index (χ0) is 19.1. The van der Waals surface area contributed by atoms with Crippen LogP contribution in [0.3, 0.4) is 0 Å². The Hall–Kier alpha value is -3.28. The van der Waals surface area contributed by atoms with Crippen molar-refractivity contribution in [2.45, 2.75) is 19.8 Å². The molecule has 0 unspecified atom stereocenters. The molecule has 0 aliphatic heterocycles. The van der Waals surface area contributed by atoms with E-state index in [0.29, 0.717) is 23.9 Å². The quantitative estimate of drug-likeness (QED) is 0.616. The first-order chi connectivity index (χ1) is 13.1. The fourth-order valence-electron chi connectivity index (χ4n) is 2.66. The van der Waals surface area contributed by atoms with Crippen molar-refractivity contribution in [3.8, 4) is 0 Å². The van der Waals surface area contributed by atoms with E-state index in [1.54, 1.807) is 19.1 Å². The van der Waals surface area contributed by atoms with Crippen molar-refractivity contribution in [1.29, 1.82) is 0 Å². The fraction of sp³-hybridized carbons (Fsp3) is 0.190. The molecule has 1 amide bonds. The zero-order valence-electron chi connectivity index (χ0n) is 15.1. The van der Waals surface area contributed by atoms with Gasteiger partial charge in [0.25, 0.3) is 5.91 Å². The molecule has 2 N–H and O–H groups in total. The second-order valence-electron chi connectivity index (χ2n) is 6.20. The lowest BCUT2D eigenvalue weighted by molar-refractivity contribution is 0.102. The minimum Gasteiger partial charge on any atom is -0.354 e. The number of hydrogen-bond acceptors (Lipinski definition) is 4. The number of nitrogens with zero attached hydrogens (tertiary/aromatic N) is 2. The van der Waals surface area contributed by atoms with E-state index in [9.17, 15) is 9.18 Å². The van der Waals surface area contributed by atoms with Crippen LogP contribution in [0, 0.1) is 12.7 Å². The maximum Gasteiger partial charge on any atom is 0.274 e. The molecule has 0 fully saturated rings. The van der Waals surface area contributed by atoms with Crippen LogP contribution in [0.25, 0.3) is 0 Å². The minimum absolute atomic E-state index is 0.234. The van der Waals surface area contributed by atoms with Crippen LogP contribution in [0.1, 0.15) is 28.2 Å². The normalized spacial score (nSPS) is 10.4. The lowest BCUT2D eigenvalue weighted by Gasteiger charge is -2.09. The number of aromatic nitrogens is 2. The number of amides is 1. The summed E-state index contributed by atoms with van der Waals surface area (Å²) in [5.41, 5.74) is 2.57. The van der Waals surface area contributed by atoms with Crippen LogP contribution in [0.5, 0.6) is 0 Å². The lowest BCUT2D eigenvalue weighted by atomic mass is 10.1. The summed E-state index contributed by atoms with van der Waals surface area (Å²) in [4.78, 5) is 21.0. The first kappa shape index (κ1) is 18.5. The van der Waals surface area contributed by atoms with E-state index >= 15 is 0 Å². The number of benzene rings is 2. The van der Waals surface area contributed by atoms with E-state index in [4.69, 9.17) is 0 Å². The van der Waals surface area contributed by atoms with Crippen LogP contribution >= 0.6 is 0 Å². The van der Waals surface area contributed by atoms with E-state index in [1.807, 2.05) is 18.2 Å². The summed E-state index contributed by atoms with van der Waals surface area (Å²) in [6.07, 6.45) is 1.87. The molecule has 3 rings (SSSR count). The van der Waals surface area contributed by atoms with Gasteiger partial charge in [-0.05, 0) is 49.6 Å². The molecule has 0 aliphatic rings. The molecule has 0 aliphatic carbocycles. The van der Waals surface area contributed by atoms with Gasteiger partial charge < -0.3 is 10.6 Å². The molecule has 0 spiro atoms. The first-order valence-electron chi connectivity index (χ1n) is 8.80. The smallest absolute Gasteiger partial charge is 0.274 e. The zero-order valence-corrected chi connectivity index (χ0v) is 15.1. The van der Waals surface area contributed by atoms with Crippen molar-refractivity contribution in [1.82, 2.24) is 9.97 Å². The van der Waals surface area contributed by atoms with Gasteiger partial charge in [0.1, 0.15) is 11.5 Å². The summed E-state index contributed by atoms with van der Waals surface area (Å²) < 4.78 is 13.3. The fourth-order valence-corrected chi connectivity index (χ4v) is 2.66. The average Bonchev–Trinajstić information content (AvgIpc) is 2.66. The molecule has 1 heterocycles. The molecule has 1 aromatic heterocycles. The molecule has 5 nitrogen and oxygen atoms in total. The number of halogens is 1. The van der Waals surface area contributed by atoms with Crippen molar-refractivity contribution >= 4 is 17.5 Å². The highest BCUT2D eigenvalue weighted by Gasteiger charge is 2.11. The highest BCUT2D eigenvalue weighted by molar-refractivity contribution is 6.03. The molecule has 0 saturated carbocycles. The summed E-state index contributed by atoms with van der Waals surface area (Å²) in [7, 11) is 0. The molecule has 0 atom stereocenters. The van der Waals surface area contributed by atoms with E-state index < -0.39 is 11.7 Å². The summed E-state index contributed by atoms with van der Waals surface area (Å²) in [5.74, 6) is -0.404. The number of rotatable bonds is 7. The minimum atomic E-state index is -0.410. The van der Waals surface area contributed by atoms with Gasteiger partial charge in [-0.25, -0.2) is 14.4 Å². The third-order valence-electron chi connectivity index (χ3n) is 3.94. The highest BCUT2D eigenvalue weighted by Crippen LogP contribution is 2.12. The van der Waals surface area contributed by atoms with Gasteiger partial charge in [-0.3, -0.25) is 4.79 Å². The molecule has 0 bridgehead atoms. The predicted octanol–water partition coefficient (Wildman–Crippen LogP) is 4.22. The molecule has 27 heavy (non-hydrogen) atoms. The summed E-state index contributed by atoms with van der Waals surface area (Å²) in [6.45, 7) is 2.50. The van der Waals surface area contributed by atoms with E-state index in [0.717, 1.165) is 12.8 Å². The first-order valence-corrected chi connectivity index (χ1v) is 8.80. The summed E-state index contributed by atoms with van der Waals surface area (Å²) >= 11 is 0. The third-order valence-corrected chi connectivity index (χ3v) is 3.94. The molecular formula is C21H21FN4O. The van der Waals surface area contributed by atoms with Gasteiger partial charge >= 0.3 is 0 Å². The van der Waals surface area contributed by atoms with Crippen LogP contribution in [0.2, 0.25) is 0 Å². The maximum absolute atomic E-state index is 13.3. The molecular weight excluding hydrogens is 343 g/mol. The standard InChI is InChI=1S/C21H21FN4O/c1-15-13-19(20(27)25-18-11-5-10-17(22)14-18)26-21(24-15)23-12-6-9-16-7-3-2-4-8-16/h2-5,7-8,10-11,13-14H,6,9,12H2,1H3,(H,25,27)(H,23,24,26). The van der Waals surface area contributed by atoms with Gasteiger partial charge in [0.15, 0.2) is 0 Å². The second kappa shape index (κ2) is 8.89. The second-order valence-corrected chi connectivity index (χ2v) is 6.20. The van der Waals surface area contributed by atoms with Crippen molar-refractivity contribution < 1.29 is 9.18 Å². The predicted molar refractivity (Wildman–Crippen MR) is 104 cm³/mol. The van der Waals surface area contributed by atoms with E-state index in [2.05, 4.69) is 32.7 Å². The van der Waals surface area contributed by atoms with Crippen LogP contribution in [0.4, 0.5) is 16.0 Å². The number of nitrogens with one attached hydrogen (secondary N) is 2. The number of carbonyl (C=O) groups is 1. The Kier molecular flexibility index (Phi) is 6.10. The SMILES string of the molecule is Cc1cc(C(=O)Nc2cccc(F)c2)nc(NCCCc2ccccc2)n1. The Morgan fingerprint density at radius 2 is 1.85 bits per heavy atom. The topological polar surface area (TPSA) is 66.9 Å². The van der Waals surface area contributed by atoms with Gasteiger partial charge in [0.2, 0.25) is 5.95 Å². The summed E-state index contributed by atoms with van der Waals surface area (Å²) in [6, 6.07) is 17.6. The Bertz CT molecular complexity index is 915. The molecule has 2 aromatic carbocycles. The molecule has 6 heteroatoms. The van der Waals surface area contributed by atoms with Crippen molar-refractivity contribution in [2.75, 3.05) is 17.2 Å². The number of anilines is 2. The number of aryl methyl sites for hydroxylation is 2. The molecule has 0 radical (unpaired) electrons. The highest BCUT2D eigenvalue weighted by atomic mass is 19.1. The Balaban J connectivity index is 1.59.